The summed E-state index contributed by atoms with van der Waals surface area (Å²) in [5.41, 5.74) is 20.8. The number of hydrogen-bond donors (Lipinski definition) is 0. The summed E-state index contributed by atoms with van der Waals surface area (Å²) in [4.78, 5) is 5.17. The van der Waals surface area contributed by atoms with Crippen LogP contribution in [0, 0.1) is 5.92 Å². The van der Waals surface area contributed by atoms with Crippen LogP contribution in [0.3, 0.4) is 0 Å². The first-order chi connectivity index (χ1) is 36.2. The highest BCUT2D eigenvalue weighted by Crippen LogP contribution is 2.56. The summed E-state index contributed by atoms with van der Waals surface area (Å²) in [5.74, 6) is 0.333. The third-order valence-electron chi connectivity index (χ3n) is 17.2. The van der Waals surface area contributed by atoms with Gasteiger partial charge in [-0.2, -0.15) is 0 Å². The van der Waals surface area contributed by atoms with Gasteiger partial charge in [-0.3, -0.25) is 0 Å². The molecule has 0 radical (unpaired) electrons. The van der Waals surface area contributed by atoms with Crippen molar-refractivity contribution in [1.82, 2.24) is 0 Å². The van der Waals surface area contributed by atoms with Crippen LogP contribution in [0.25, 0.3) is 67.2 Å². The van der Waals surface area contributed by atoms with Gasteiger partial charge in [-0.15, -0.1) is 0 Å². The van der Waals surface area contributed by atoms with Crippen molar-refractivity contribution in [2.75, 3.05) is 9.80 Å². The molecule has 0 fully saturated rings. The maximum absolute atomic E-state index is 2.62. The second-order valence-electron chi connectivity index (χ2n) is 22.0. The van der Waals surface area contributed by atoms with Crippen molar-refractivity contribution in [2.45, 2.75) is 57.4 Å². The number of rotatable bonds is 8. The molecule has 356 valence electrons. The predicted molar refractivity (Wildman–Crippen MR) is 316 cm³/mol. The molecule has 0 aliphatic heterocycles. The van der Waals surface area contributed by atoms with Gasteiger partial charge < -0.3 is 9.80 Å². The Morgan fingerprint density at radius 1 is 0.473 bits per heavy atom. The number of allylic oxidation sites excluding steroid dienone is 4. The van der Waals surface area contributed by atoms with E-state index in [-0.39, 0.29) is 16.9 Å². The minimum atomic E-state index is -0.190. The fourth-order valence-electron chi connectivity index (χ4n) is 13.4. The molecule has 4 aliphatic rings. The summed E-state index contributed by atoms with van der Waals surface area (Å²) in [6.45, 7) is 9.75. The molecule has 0 N–H and O–H groups in total. The minimum absolute atomic E-state index is 0.0732. The lowest BCUT2D eigenvalue weighted by Gasteiger charge is -2.37. The fraction of sp³-hybridized carbons (Fsp3) is 0.139. The largest absolute Gasteiger partial charge is 0.333 e. The molecule has 2 unspecified atom stereocenters. The van der Waals surface area contributed by atoms with E-state index >= 15 is 0 Å². The number of benzene rings is 10. The van der Waals surface area contributed by atoms with Gasteiger partial charge in [-0.25, -0.2) is 0 Å². The van der Waals surface area contributed by atoms with Crippen LogP contribution in [-0.2, 0) is 10.8 Å². The summed E-state index contributed by atoms with van der Waals surface area (Å²) in [6.07, 6.45) is 16.0. The van der Waals surface area contributed by atoms with E-state index in [4.69, 9.17) is 0 Å². The van der Waals surface area contributed by atoms with Crippen molar-refractivity contribution in [3.63, 3.8) is 0 Å². The van der Waals surface area contributed by atoms with Crippen LogP contribution in [0.15, 0.2) is 230 Å². The highest BCUT2D eigenvalue weighted by Gasteiger charge is 2.45. The number of fused-ring (bicyclic) bond motifs is 10. The Morgan fingerprint density at radius 3 is 1.66 bits per heavy atom. The average molecular weight is 951 g/mol. The third kappa shape index (κ3) is 6.99. The zero-order valence-electron chi connectivity index (χ0n) is 42.6. The number of nitrogens with zero attached hydrogens (tertiary/aromatic N) is 2. The Labute approximate surface area is 435 Å². The van der Waals surface area contributed by atoms with Gasteiger partial charge in [0.25, 0.3) is 0 Å². The van der Waals surface area contributed by atoms with Crippen molar-refractivity contribution >= 4 is 78.9 Å². The molecule has 2 heteroatoms. The Morgan fingerprint density at radius 2 is 1.00 bits per heavy atom. The average Bonchev–Trinajstić information content (AvgIpc) is 3.81. The van der Waals surface area contributed by atoms with E-state index in [0.717, 1.165) is 12.8 Å². The minimum Gasteiger partial charge on any atom is -0.333 e. The van der Waals surface area contributed by atoms with Gasteiger partial charge >= 0.3 is 0 Å². The lowest BCUT2D eigenvalue weighted by atomic mass is 9.73. The van der Waals surface area contributed by atoms with Crippen LogP contribution in [0.4, 0.5) is 22.7 Å². The van der Waals surface area contributed by atoms with Crippen LogP contribution in [0.2, 0.25) is 0 Å². The van der Waals surface area contributed by atoms with Crippen molar-refractivity contribution in [3.8, 4) is 11.1 Å². The monoisotopic (exact) mass is 950 g/mol. The van der Waals surface area contributed by atoms with Gasteiger partial charge in [0, 0.05) is 38.6 Å². The molecule has 0 bridgehead atoms. The number of hydrogen-bond acceptors (Lipinski definition) is 2. The first-order valence-electron chi connectivity index (χ1n) is 26.5. The SMILES string of the molecule is CC1(C)c2cc(/C=C/c3ccc4c(c3)C(C)(C)C3CC(N(c5cccc6ccccc56)c5cccc6ccccc56)=CC=C43)ccc2-c2ccc(N(c3cccc4ccccc34)C3CC=Cc4ccccc43)cc21. The third-order valence-corrected chi connectivity index (χ3v) is 17.2. The smallest absolute Gasteiger partial charge is 0.0632 e. The van der Waals surface area contributed by atoms with Gasteiger partial charge in [0.15, 0.2) is 0 Å². The van der Waals surface area contributed by atoms with Crippen LogP contribution in [0.5, 0.6) is 0 Å². The molecular weight excluding hydrogens is 893 g/mol. The molecular formula is C72H58N2. The summed E-state index contributed by atoms with van der Waals surface area (Å²) in [5, 5.41) is 7.54. The quantitative estimate of drug-likeness (QED) is 0.140. The Kier molecular flexibility index (Phi) is 10.2. The topological polar surface area (TPSA) is 6.48 Å². The van der Waals surface area contributed by atoms with E-state index in [2.05, 4.69) is 280 Å². The van der Waals surface area contributed by atoms with Crippen LogP contribution >= 0.6 is 0 Å². The van der Waals surface area contributed by atoms with E-state index in [0.29, 0.717) is 5.92 Å². The van der Waals surface area contributed by atoms with E-state index in [1.54, 1.807) is 0 Å². The van der Waals surface area contributed by atoms with Crippen LogP contribution in [-0.4, -0.2) is 0 Å². The summed E-state index contributed by atoms with van der Waals surface area (Å²) >= 11 is 0. The van der Waals surface area contributed by atoms with E-state index in [9.17, 15) is 0 Å². The summed E-state index contributed by atoms with van der Waals surface area (Å²) in [7, 11) is 0. The molecule has 0 saturated heterocycles. The van der Waals surface area contributed by atoms with Crippen LogP contribution in [0.1, 0.15) is 91.1 Å². The maximum atomic E-state index is 2.62. The van der Waals surface area contributed by atoms with Crippen molar-refractivity contribution < 1.29 is 0 Å². The Bertz CT molecular complexity index is 3970. The highest BCUT2D eigenvalue weighted by molar-refractivity contribution is 6.03. The second-order valence-corrected chi connectivity index (χ2v) is 22.0. The fourth-order valence-corrected chi connectivity index (χ4v) is 13.4. The van der Waals surface area contributed by atoms with E-state index in [1.807, 2.05) is 0 Å². The standard InChI is InChI=1S/C72H58N2/c1-71(2)63-43-47(35-39-59(63)61-41-37-53(45-65(61)71)73(67-29-13-21-49-17-5-9-25-55(49)67)68-30-14-22-50-18-6-10-26-56(50)68)33-34-48-36-40-60-62-42-38-54(46-66(62)72(3,4)64(60)44-48)74(69-31-15-23-51-19-7-11-27-57(51)69)70-32-16-24-52-20-8-12-28-58(52)70/h5-31,33-44,46,65,70H,32,45H2,1-4H3/b34-33+. The van der Waals surface area contributed by atoms with Gasteiger partial charge in [0.1, 0.15) is 0 Å². The second kappa shape index (κ2) is 17.1. The molecule has 0 saturated carbocycles. The molecule has 0 aromatic heterocycles. The molecule has 10 aromatic carbocycles. The molecule has 10 aromatic rings. The molecule has 2 nitrogen and oxygen atoms in total. The van der Waals surface area contributed by atoms with Crippen molar-refractivity contribution in [1.29, 1.82) is 0 Å². The molecule has 14 rings (SSSR count). The van der Waals surface area contributed by atoms with Gasteiger partial charge in [0.2, 0.25) is 0 Å². The van der Waals surface area contributed by atoms with Gasteiger partial charge in [-0.05, 0) is 138 Å². The molecule has 0 heterocycles. The maximum Gasteiger partial charge on any atom is 0.0632 e. The lowest BCUT2D eigenvalue weighted by molar-refractivity contribution is 0.406. The first-order valence-corrected chi connectivity index (χ1v) is 26.5. The molecule has 0 amide bonds. The van der Waals surface area contributed by atoms with E-state index in [1.165, 1.54) is 122 Å². The van der Waals surface area contributed by atoms with Crippen molar-refractivity contribution in [2.24, 2.45) is 5.92 Å². The van der Waals surface area contributed by atoms with Crippen LogP contribution < -0.4 is 9.80 Å². The normalized spacial score (nSPS) is 17.6. The number of anilines is 4. The van der Waals surface area contributed by atoms with Crippen molar-refractivity contribution in [3.05, 3.63) is 275 Å². The summed E-state index contributed by atoms with van der Waals surface area (Å²) in [6, 6.07) is 77.3. The first kappa shape index (κ1) is 44.3. The van der Waals surface area contributed by atoms with Gasteiger partial charge in [0.05, 0.1) is 17.4 Å². The predicted octanol–water partition coefficient (Wildman–Crippen LogP) is 19.3. The molecule has 74 heavy (non-hydrogen) atoms. The highest BCUT2D eigenvalue weighted by atomic mass is 15.2. The summed E-state index contributed by atoms with van der Waals surface area (Å²) < 4.78 is 0. The molecule has 2 atom stereocenters. The Balaban J connectivity index is 0.775. The molecule has 0 spiro atoms. The Hall–Kier alpha value is -8.46. The zero-order chi connectivity index (χ0) is 49.7. The van der Waals surface area contributed by atoms with Gasteiger partial charge in [-0.1, -0.05) is 234 Å². The zero-order valence-corrected chi connectivity index (χ0v) is 42.6. The van der Waals surface area contributed by atoms with E-state index < -0.39 is 0 Å². The lowest BCUT2D eigenvalue weighted by Crippen LogP contribution is -2.29. The molecule has 4 aliphatic carbocycles.